The molecule has 2 heterocycles. The smallest absolute Gasteiger partial charge is 0.165 e. The van der Waals surface area contributed by atoms with Crippen LogP contribution in [0.4, 0.5) is 0 Å². The Hall–Kier alpha value is -1.86. The highest BCUT2D eigenvalue weighted by Gasteiger charge is 2.26. The molecule has 1 unspecified atom stereocenters. The minimum Gasteiger partial charge on any atom is -0.496 e. The Labute approximate surface area is 184 Å². The van der Waals surface area contributed by atoms with E-state index in [0.717, 1.165) is 15.6 Å². The van der Waals surface area contributed by atoms with Crippen molar-refractivity contribution in [3.05, 3.63) is 79.9 Å². The van der Waals surface area contributed by atoms with Gasteiger partial charge in [-0.3, -0.25) is 0 Å². The highest BCUT2D eigenvalue weighted by atomic mass is 79.9. The van der Waals surface area contributed by atoms with E-state index < -0.39 is 6.04 Å². The van der Waals surface area contributed by atoms with E-state index in [1.165, 1.54) is 6.33 Å². The van der Waals surface area contributed by atoms with Gasteiger partial charge in [-0.15, -0.1) is 0 Å². The van der Waals surface area contributed by atoms with Gasteiger partial charge < -0.3 is 9.30 Å². The molecular weight excluding hydrogens is 486 g/mol. The van der Waals surface area contributed by atoms with Gasteiger partial charge in [0.05, 0.1) is 19.5 Å². The number of imidazole rings is 1. The van der Waals surface area contributed by atoms with Crippen LogP contribution in [0.25, 0.3) is 11.2 Å². The van der Waals surface area contributed by atoms with E-state index in [4.69, 9.17) is 39.5 Å². The lowest BCUT2D eigenvalue weighted by molar-refractivity contribution is 0.405. The number of methoxy groups -OCH3 is 1. The molecule has 0 saturated heterocycles. The van der Waals surface area contributed by atoms with E-state index in [1.807, 2.05) is 34.9 Å². The number of hydrogen-bond acceptors (Lipinski definition) is 4. The van der Waals surface area contributed by atoms with Gasteiger partial charge in [0.1, 0.15) is 17.6 Å². The van der Waals surface area contributed by atoms with Gasteiger partial charge in [0.15, 0.2) is 10.8 Å². The van der Waals surface area contributed by atoms with Gasteiger partial charge in [0.2, 0.25) is 0 Å². The molecule has 28 heavy (non-hydrogen) atoms. The van der Waals surface area contributed by atoms with Gasteiger partial charge in [0.25, 0.3) is 0 Å². The van der Waals surface area contributed by atoms with Crippen LogP contribution in [-0.2, 0) is 0 Å². The number of ether oxygens (including phenoxy) is 1. The van der Waals surface area contributed by atoms with Crippen LogP contribution >= 0.6 is 50.7 Å². The minimum absolute atomic E-state index is 0.280. The number of nitrogens with zero attached hydrogens (tertiary/aromatic N) is 4. The maximum Gasteiger partial charge on any atom is 0.165 e. The summed E-state index contributed by atoms with van der Waals surface area (Å²) in [6.07, 6.45) is 3.06. The van der Waals surface area contributed by atoms with Crippen molar-refractivity contribution < 1.29 is 4.74 Å². The van der Waals surface area contributed by atoms with Gasteiger partial charge in [-0.25, -0.2) is 15.0 Å². The summed E-state index contributed by atoms with van der Waals surface area (Å²) in [6, 6.07) is 10.7. The molecule has 0 saturated carbocycles. The van der Waals surface area contributed by atoms with E-state index in [9.17, 15) is 0 Å². The van der Waals surface area contributed by atoms with Crippen LogP contribution in [0.3, 0.4) is 0 Å². The molecule has 4 aromatic rings. The van der Waals surface area contributed by atoms with Crippen molar-refractivity contribution in [2.24, 2.45) is 0 Å². The first-order chi connectivity index (χ1) is 13.5. The zero-order valence-electron chi connectivity index (χ0n) is 14.4. The van der Waals surface area contributed by atoms with Crippen molar-refractivity contribution in [2.75, 3.05) is 7.11 Å². The van der Waals surface area contributed by atoms with E-state index in [2.05, 4.69) is 30.9 Å². The Morgan fingerprint density at radius 3 is 2.57 bits per heavy atom. The maximum atomic E-state index is 6.61. The second kappa shape index (κ2) is 7.87. The number of hydrogen-bond donors (Lipinski definition) is 0. The first-order valence-corrected chi connectivity index (χ1v) is 10.0. The third-order valence-corrected chi connectivity index (χ3v) is 5.67. The van der Waals surface area contributed by atoms with Crippen molar-refractivity contribution in [3.8, 4) is 5.75 Å². The number of benzene rings is 2. The molecule has 0 aliphatic carbocycles. The second-order valence-corrected chi connectivity index (χ2v) is 8.06. The molecule has 2 aromatic heterocycles. The lowest BCUT2D eigenvalue weighted by Gasteiger charge is -2.23. The average molecular weight is 499 g/mol. The Balaban J connectivity index is 2.05. The molecule has 0 N–H and O–H groups in total. The number of aromatic nitrogens is 4. The zero-order chi connectivity index (χ0) is 19.8. The average Bonchev–Trinajstić information content (AvgIpc) is 3.09. The van der Waals surface area contributed by atoms with Crippen molar-refractivity contribution in [1.82, 2.24) is 19.5 Å². The van der Waals surface area contributed by atoms with Gasteiger partial charge in [0, 0.05) is 20.1 Å². The molecule has 0 aliphatic heterocycles. The van der Waals surface area contributed by atoms with Crippen LogP contribution in [-0.4, -0.2) is 26.6 Å². The third kappa shape index (κ3) is 3.46. The summed E-state index contributed by atoms with van der Waals surface area (Å²) < 4.78 is 8.35. The van der Waals surface area contributed by atoms with E-state index in [0.29, 0.717) is 27.0 Å². The van der Waals surface area contributed by atoms with Crippen LogP contribution in [0.2, 0.25) is 15.2 Å². The first-order valence-electron chi connectivity index (χ1n) is 8.11. The van der Waals surface area contributed by atoms with Crippen molar-refractivity contribution in [3.63, 3.8) is 0 Å². The predicted molar refractivity (Wildman–Crippen MR) is 115 cm³/mol. The Kier molecular flexibility index (Phi) is 5.47. The topological polar surface area (TPSA) is 52.8 Å². The third-order valence-electron chi connectivity index (χ3n) is 4.34. The number of rotatable bonds is 4. The summed E-state index contributed by atoms with van der Waals surface area (Å²) in [4.78, 5) is 12.8. The Bertz CT molecular complexity index is 1180. The predicted octanol–water partition coefficient (Wildman–Crippen LogP) is 6.20. The molecule has 0 spiro atoms. The molecule has 142 valence electrons. The van der Waals surface area contributed by atoms with Crippen LogP contribution < -0.4 is 4.74 Å². The summed E-state index contributed by atoms with van der Waals surface area (Å²) in [5.41, 5.74) is 2.72. The van der Waals surface area contributed by atoms with Gasteiger partial charge in [-0.2, -0.15) is 0 Å². The monoisotopic (exact) mass is 496 g/mol. The number of halogens is 4. The van der Waals surface area contributed by atoms with Crippen LogP contribution in [0.15, 0.2) is 53.5 Å². The molecule has 0 aliphatic rings. The number of fused-ring (bicyclic) bond motifs is 1. The first kappa shape index (κ1) is 19.5. The van der Waals surface area contributed by atoms with Gasteiger partial charge in [-0.05, 0) is 35.9 Å². The lowest BCUT2D eigenvalue weighted by atomic mass is 9.97. The second-order valence-electron chi connectivity index (χ2n) is 5.94. The Morgan fingerprint density at radius 1 is 1.00 bits per heavy atom. The minimum atomic E-state index is -0.398. The van der Waals surface area contributed by atoms with Crippen molar-refractivity contribution in [2.45, 2.75) is 6.04 Å². The molecule has 0 radical (unpaired) electrons. The fourth-order valence-corrected chi connectivity index (χ4v) is 4.26. The van der Waals surface area contributed by atoms with Crippen molar-refractivity contribution >= 4 is 61.9 Å². The molecule has 2 aromatic carbocycles. The summed E-state index contributed by atoms with van der Waals surface area (Å²) in [7, 11) is 1.61. The summed E-state index contributed by atoms with van der Waals surface area (Å²) >= 11 is 22.6. The molecule has 4 rings (SSSR count). The van der Waals surface area contributed by atoms with E-state index in [-0.39, 0.29) is 5.15 Å². The molecule has 5 nitrogen and oxygen atoms in total. The highest BCUT2D eigenvalue weighted by molar-refractivity contribution is 9.10. The Morgan fingerprint density at radius 2 is 1.82 bits per heavy atom. The summed E-state index contributed by atoms with van der Waals surface area (Å²) in [5.74, 6) is 0.662. The summed E-state index contributed by atoms with van der Waals surface area (Å²) in [5, 5.41) is 1.43. The molecule has 0 fully saturated rings. The van der Waals surface area contributed by atoms with Gasteiger partial charge >= 0.3 is 0 Å². The maximum absolute atomic E-state index is 6.61. The molecule has 0 bridgehead atoms. The van der Waals surface area contributed by atoms with Crippen LogP contribution in [0.1, 0.15) is 17.2 Å². The largest absolute Gasteiger partial charge is 0.496 e. The SMILES string of the molecule is COc1ccc(Cl)cc1C(c1ccc(Br)cc1Cl)n1cnc2c(Cl)ncnc21. The molecule has 1 atom stereocenters. The van der Waals surface area contributed by atoms with E-state index >= 15 is 0 Å². The quantitative estimate of drug-likeness (QED) is 0.315. The van der Waals surface area contributed by atoms with Gasteiger partial charge in [-0.1, -0.05) is 56.8 Å². The molecule has 9 heteroatoms. The summed E-state index contributed by atoms with van der Waals surface area (Å²) in [6.45, 7) is 0. The van der Waals surface area contributed by atoms with Crippen LogP contribution in [0.5, 0.6) is 5.75 Å². The fraction of sp³-hybridized carbons (Fsp3) is 0.105. The fourth-order valence-electron chi connectivity index (χ4n) is 3.12. The highest BCUT2D eigenvalue weighted by Crippen LogP contribution is 2.40. The molecular formula is C19H12BrCl3N4O. The zero-order valence-corrected chi connectivity index (χ0v) is 18.3. The van der Waals surface area contributed by atoms with E-state index in [1.54, 1.807) is 19.5 Å². The molecule has 0 amide bonds. The standard InChI is InChI=1S/C19H12BrCl3N4O/c1-28-15-5-3-11(21)7-13(15)17(12-4-2-10(20)6-14(12)22)27-9-26-16-18(23)24-8-25-19(16)27/h2-9,17H,1H3. The normalized spacial score (nSPS) is 12.3. The van der Waals surface area contributed by atoms with Crippen molar-refractivity contribution in [1.29, 1.82) is 0 Å². The lowest BCUT2D eigenvalue weighted by Crippen LogP contribution is -2.14. The van der Waals surface area contributed by atoms with Crippen LogP contribution in [0, 0.1) is 0 Å².